The lowest BCUT2D eigenvalue weighted by atomic mass is 10.1. The number of ether oxygens (including phenoxy) is 2. The lowest BCUT2D eigenvalue weighted by Gasteiger charge is -2.19. The van der Waals surface area contributed by atoms with Crippen LogP contribution >= 0.6 is 0 Å². The Morgan fingerprint density at radius 3 is 2.60 bits per heavy atom. The van der Waals surface area contributed by atoms with E-state index in [1.54, 1.807) is 13.8 Å². The number of aliphatic hydroxyl groups is 2. The maximum absolute atomic E-state index is 12.2. The first-order chi connectivity index (χ1) is 6.91. The number of Topliss-reactive ketones (excluding diaryl/α,β-unsaturated/α-hetero) is 1. The lowest BCUT2D eigenvalue weighted by Crippen LogP contribution is -2.42. The van der Waals surface area contributed by atoms with Crippen LogP contribution in [-0.2, 0) is 14.3 Å². The highest BCUT2D eigenvalue weighted by Gasteiger charge is 2.47. The third-order valence-corrected chi connectivity index (χ3v) is 2.14. The Morgan fingerprint density at radius 2 is 2.13 bits per heavy atom. The molecule has 0 aliphatic carbocycles. The number of carbonyl (C=O) groups is 1. The summed E-state index contributed by atoms with van der Waals surface area (Å²) in [5.74, 6) is -1.85. The summed E-state index contributed by atoms with van der Waals surface area (Å²) in [6.07, 6.45) is -3.44. The highest BCUT2D eigenvalue weighted by molar-refractivity contribution is 5.85. The third kappa shape index (κ3) is 2.72. The zero-order valence-corrected chi connectivity index (χ0v) is 8.64. The van der Waals surface area contributed by atoms with Crippen LogP contribution in [0.1, 0.15) is 13.8 Å². The quantitative estimate of drug-likeness (QED) is 0.664. The van der Waals surface area contributed by atoms with E-state index in [4.69, 9.17) is 14.6 Å². The van der Waals surface area contributed by atoms with Crippen LogP contribution in [0.2, 0.25) is 0 Å². The van der Waals surface area contributed by atoms with Gasteiger partial charge in [-0.1, -0.05) is 0 Å². The SMILES string of the molecule is CC1(C)O[C@H](C(O)CO)[C@H](C(=O)CF)O1. The number of ketones is 1. The van der Waals surface area contributed by atoms with Crippen molar-refractivity contribution in [2.75, 3.05) is 13.3 Å². The van der Waals surface area contributed by atoms with Crippen molar-refractivity contribution in [3.8, 4) is 0 Å². The van der Waals surface area contributed by atoms with E-state index in [0.717, 1.165) is 0 Å². The van der Waals surface area contributed by atoms with E-state index in [1.807, 2.05) is 0 Å². The molecular weight excluding hydrogens is 207 g/mol. The first-order valence-electron chi connectivity index (χ1n) is 4.64. The number of rotatable bonds is 4. The first-order valence-corrected chi connectivity index (χ1v) is 4.64. The summed E-state index contributed by atoms with van der Waals surface area (Å²) in [5.41, 5.74) is 0. The van der Waals surface area contributed by atoms with Crippen LogP contribution < -0.4 is 0 Å². The first kappa shape index (κ1) is 12.5. The van der Waals surface area contributed by atoms with Crippen molar-refractivity contribution in [1.82, 2.24) is 0 Å². The molecule has 0 bridgehead atoms. The van der Waals surface area contributed by atoms with Crippen molar-refractivity contribution < 1.29 is 28.9 Å². The summed E-state index contributed by atoms with van der Waals surface area (Å²) in [7, 11) is 0. The van der Waals surface area contributed by atoms with E-state index < -0.39 is 43.2 Å². The molecule has 1 rings (SSSR count). The summed E-state index contributed by atoms with van der Waals surface area (Å²) in [6, 6.07) is 0. The van der Waals surface area contributed by atoms with Crippen molar-refractivity contribution in [2.24, 2.45) is 0 Å². The summed E-state index contributed by atoms with van der Waals surface area (Å²) >= 11 is 0. The highest BCUT2D eigenvalue weighted by atomic mass is 19.1. The molecule has 0 radical (unpaired) electrons. The Hall–Kier alpha value is -0.560. The monoisotopic (exact) mass is 222 g/mol. The topological polar surface area (TPSA) is 76.0 Å². The van der Waals surface area contributed by atoms with Crippen molar-refractivity contribution >= 4 is 5.78 Å². The molecule has 1 heterocycles. The molecule has 0 spiro atoms. The van der Waals surface area contributed by atoms with Crippen LogP contribution in [0.4, 0.5) is 4.39 Å². The Balaban J connectivity index is 2.79. The van der Waals surface area contributed by atoms with Gasteiger partial charge in [0.05, 0.1) is 6.61 Å². The molecular formula is C9H15FO5. The van der Waals surface area contributed by atoms with E-state index >= 15 is 0 Å². The van der Waals surface area contributed by atoms with E-state index in [-0.39, 0.29) is 0 Å². The minimum Gasteiger partial charge on any atom is -0.394 e. The maximum atomic E-state index is 12.2. The number of carbonyl (C=O) groups excluding carboxylic acids is 1. The zero-order valence-electron chi connectivity index (χ0n) is 8.64. The minimum absolute atomic E-state index is 0.569. The molecule has 6 heteroatoms. The number of halogens is 1. The molecule has 15 heavy (non-hydrogen) atoms. The molecule has 1 aliphatic heterocycles. The molecule has 3 atom stereocenters. The fraction of sp³-hybridized carbons (Fsp3) is 0.889. The number of alkyl halides is 1. The van der Waals surface area contributed by atoms with Crippen LogP contribution in [0.5, 0.6) is 0 Å². The van der Waals surface area contributed by atoms with Crippen molar-refractivity contribution in [3.05, 3.63) is 0 Å². The van der Waals surface area contributed by atoms with E-state index in [2.05, 4.69) is 0 Å². The predicted octanol–water partition coefficient (Wildman–Crippen LogP) is -0.602. The number of hydrogen-bond donors (Lipinski definition) is 2. The summed E-state index contributed by atoms with van der Waals surface area (Å²) in [6.45, 7) is 1.35. The Labute approximate surface area is 86.8 Å². The molecule has 0 aromatic carbocycles. The Morgan fingerprint density at radius 1 is 1.53 bits per heavy atom. The molecule has 5 nitrogen and oxygen atoms in total. The zero-order chi connectivity index (χ0) is 11.6. The van der Waals surface area contributed by atoms with E-state index in [1.165, 1.54) is 0 Å². The Bertz CT molecular complexity index is 243. The van der Waals surface area contributed by atoms with Gasteiger partial charge in [0.15, 0.2) is 24.3 Å². The standard InChI is InChI=1S/C9H15FO5/c1-9(2)14-7(5(12)3-10)8(15-9)6(13)4-11/h6-8,11,13H,3-4H2,1-2H3/t6?,7-,8+/m0/s1. The van der Waals surface area contributed by atoms with Gasteiger partial charge in [0.1, 0.15) is 12.2 Å². The highest BCUT2D eigenvalue weighted by Crippen LogP contribution is 2.30. The van der Waals surface area contributed by atoms with Gasteiger partial charge in [0.25, 0.3) is 0 Å². The van der Waals surface area contributed by atoms with Crippen molar-refractivity contribution in [2.45, 2.75) is 37.9 Å². The van der Waals surface area contributed by atoms with Crippen molar-refractivity contribution in [1.29, 1.82) is 0 Å². The second kappa shape index (κ2) is 4.52. The molecule has 0 aromatic rings. The molecule has 0 aromatic heterocycles. The van der Waals surface area contributed by atoms with Gasteiger partial charge in [0, 0.05) is 0 Å². The van der Waals surface area contributed by atoms with Crippen LogP contribution in [-0.4, -0.2) is 53.4 Å². The summed E-state index contributed by atoms with van der Waals surface area (Å²) < 4.78 is 22.6. The molecule has 1 saturated heterocycles. The molecule has 1 aliphatic rings. The smallest absolute Gasteiger partial charge is 0.195 e. The normalized spacial score (nSPS) is 31.5. The summed E-state index contributed by atoms with van der Waals surface area (Å²) in [4.78, 5) is 11.2. The second-order valence-corrected chi connectivity index (χ2v) is 3.87. The van der Waals surface area contributed by atoms with Gasteiger partial charge in [0.2, 0.25) is 0 Å². The minimum atomic E-state index is -1.26. The van der Waals surface area contributed by atoms with Crippen LogP contribution in [0.15, 0.2) is 0 Å². The average molecular weight is 222 g/mol. The lowest BCUT2D eigenvalue weighted by molar-refractivity contribution is -0.161. The average Bonchev–Trinajstić information content (AvgIpc) is 2.52. The molecule has 0 amide bonds. The molecule has 1 unspecified atom stereocenters. The third-order valence-electron chi connectivity index (χ3n) is 2.14. The molecule has 1 fully saturated rings. The van der Waals surface area contributed by atoms with Crippen molar-refractivity contribution in [3.63, 3.8) is 0 Å². The van der Waals surface area contributed by atoms with E-state index in [0.29, 0.717) is 0 Å². The molecule has 88 valence electrons. The second-order valence-electron chi connectivity index (χ2n) is 3.87. The van der Waals surface area contributed by atoms with Crippen LogP contribution in [0.25, 0.3) is 0 Å². The van der Waals surface area contributed by atoms with Crippen LogP contribution in [0.3, 0.4) is 0 Å². The predicted molar refractivity (Wildman–Crippen MR) is 47.9 cm³/mol. The molecule has 2 N–H and O–H groups in total. The van der Waals surface area contributed by atoms with Gasteiger partial charge < -0.3 is 19.7 Å². The van der Waals surface area contributed by atoms with Gasteiger partial charge >= 0.3 is 0 Å². The largest absolute Gasteiger partial charge is 0.394 e. The maximum Gasteiger partial charge on any atom is 0.195 e. The summed E-state index contributed by atoms with van der Waals surface area (Å²) in [5, 5.41) is 18.1. The van der Waals surface area contributed by atoms with Gasteiger partial charge in [-0.25, -0.2) is 4.39 Å². The Kier molecular flexibility index (Phi) is 3.77. The fourth-order valence-corrected chi connectivity index (χ4v) is 1.50. The van der Waals surface area contributed by atoms with Gasteiger partial charge in [-0.2, -0.15) is 0 Å². The van der Waals surface area contributed by atoms with Gasteiger partial charge in [-0.05, 0) is 13.8 Å². The number of aliphatic hydroxyl groups excluding tert-OH is 2. The fourth-order valence-electron chi connectivity index (χ4n) is 1.50. The van der Waals surface area contributed by atoms with E-state index in [9.17, 15) is 14.3 Å². The van der Waals surface area contributed by atoms with Gasteiger partial charge in [-0.3, -0.25) is 4.79 Å². The molecule has 0 saturated carbocycles. The number of hydrogen-bond acceptors (Lipinski definition) is 5. The van der Waals surface area contributed by atoms with Gasteiger partial charge in [-0.15, -0.1) is 0 Å². The van der Waals surface area contributed by atoms with Crippen LogP contribution in [0, 0.1) is 0 Å².